The Labute approximate surface area is 321 Å². The maximum atomic E-state index is 14.1. The van der Waals surface area contributed by atoms with Crippen molar-refractivity contribution in [2.75, 3.05) is 0 Å². The number of carboxylic acids is 2. The Morgan fingerprint density at radius 1 is 0.792 bits per heavy atom. The third kappa shape index (κ3) is 10.6. The summed E-state index contributed by atoms with van der Waals surface area (Å²) in [5.41, 5.74) is 3.54. The molecule has 0 saturated heterocycles. The predicted molar refractivity (Wildman–Crippen MR) is 162 cm³/mol. The van der Waals surface area contributed by atoms with E-state index in [2.05, 4.69) is 5.32 Å². The van der Waals surface area contributed by atoms with E-state index in [1.165, 1.54) is 48.5 Å². The van der Waals surface area contributed by atoms with Gasteiger partial charge in [-0.1, -0.05) is 48.5 Å². The van der Waals surface area contributed by atoms with Crippen LogP contribution in [0.2, 0.25) is 0 Å². The van der Waals surface area contributed by atoms with E-state index in [-0.39, 0.29) is 102 Å². The zero-order valence-corrected chi connectivity index (χ0v) is 31.3. The molecule has 0 aliphatic rings. The average molecular weight is 679 g/mol. The number of carbonyl (C=O) groups is 3. The van der Waals surface area contributed by atoms with Crippen molar-refractivity contribution >= 4 is 17.8 Å². The Bertz CT molecular complexity index is 1690. The number of nitrogens with one attached hydrogen (secondary N) is 1. The van der Waals surface area contributed by atoms with Gasteiger partial charge in [0.15, 0.2) is 0 Å². The number of hydrogen-bond donors (Lipinski definition) is 3. The molecule has 1 heterocycles. The van der Waals surface area contributed by atoms with Crippen LogP contribution in [0.15, 0.2) is 72.8 Å². The molecule has 0 saturated carbocycles. The minimum Gasteiger partial charge on any atom is -0.550 e. The largest absolute Gasteiger partial charge is 1.00 e. The first-order valence-electron chi connectivity index (χ1n) is 14.8. The van der Waals surface area contributed by atoms with Crippen LogP contribution in [-0.2, 0) is 17.8 Å². The van der Waals surface area contributed by atoms with Gasteiger partial charge < -0.3 is 39.9 Å². The zero-order chi connectivity index (χ0) is 33.5. The number of carbonyl (C=O) groups excluding carboxylic acids is 3. The number of aromatic nitrogens is 1. The van der Waals surface area contributed by atoms with Gasteiger partial charge in [-0.15, -0.1) is 0 Å². The molecule has 0 fully saturated rings. The minimum atomic E-state index is -1.44. The molecule has 13 heteroatoms. The summed E-state index contributed by atoms with van der Waals surface area (Å²) in [5.74, 6) is -4.22. The van der Waals surface area contributed by atoms with Crippen LogP contribution in [0.5, 0.6) is 0 Å². The Balaban J connectivity index is 0.00000400. The maximum absolute atomic E-state index is 14.1. The van der Waals surface area contributed by atoms with Crippen LogP contribution in [-0.4, -0.2) is 44.8 Å². The van der Waals surface area contributed by atoms with E-state index in [9.17, 15) is 43.6 Å². The molecule has 2 atom stereocenters. The molecule has 0 aliphatic carbocycles. The fourth-order valence-corrected chi connectivity index (χ4v) is 5.54. The van der Waals surface area contributed by atoms with E-state index in [1.54, 1.807) is 28.8 Å². The Morgan fingerprint density at radius 3 is 1.79 bits per heavy atom. The van der Waals surface area contributed by atoms with Crippen molar-refractivity contribution in [1.82, 2.24) is 9.88 Å². The van der Waals surface area contributed by atoms with Crippen LogP contribution in [0.3, 0.4) is 0 Å². The van der Waals surface area contributed by atoms with E-state index in [0.29, 0.717) is 33.5 Å². The summed E-state index contributed by atoms with van der Waals surface area (Å²) in [6, 6.07) is 16.8. The first-order valence-corrected chi connectivity index (χ1v) is 14.8. The van der Waals surface area contributed by atoms with Crippen LogP contribution in [0, 0.1) is 11.6 Å². The van der Waals surface area contributed by atoms with Crippen molar-refractivity contribution in [3.8, 4) is 22.3 Å². The maximum Gasteiger partial charge on any atom is 1.00 e. The normalized spacial score (nSPS) is 12.1. The van der Waals surface area contributed by atoms with Crippen LogP contribution in [0.4, 0.5) is 8.78 Å². The number of aliphatic hydroxyl groups excluding tert-OH is 2. The number of aromatic carboxylic acids is 1. The summed E-state index contributed by atoms with van der Waals surface area (Å²) in [6.45, 7) is 3.78. The van der Waals surface area contributed by atoms with Crippen molar-refractivity contribution < 1.29 is 103 Å². The first kappa shape index (κ1) is 41.3. The van der Waals surface area contributed by atoms with Gasteiger partial charge in [0.2, 0.25) is 0 Å². The molecule has 0 radical (unpaired) electrons. The summed E-state index contributed by atoms with van der Waals surface area (Å²) in [5, 5.41) is 45.7. The van der Waals surface area contributed by atoms with E-state index in [0.717, 1.165) is 0 Å². The Kier molecular flexibility index (Phi) is 16.2. The van der Waals surface area contributed by atoms with Crippen LogP contribution in [0.25, 0.3) is 22.3 Å². The minimum absolute atomic E-state index is 0. The van der Waals surface area contributed by atoms with Crippen LogP contribution >= 0.6 is 0 Å². The quantitative estimate of drug-likeness (QED) is 0.122. The topological polar surface area (TPSA) is 155 Å². The fraction of sp³-hybridized carbons (Fsp3) is 0.286. The number of hydrogen-bond acceptors (Lipinski definition) is 7. The molecule has 3 aromatic carbocycles. The van der Waals surface area contributed by atoms with Gasteiger partial charge >= 0.3 is 59.1 Å². The summed E-state index contributed by atoms with van der Waals surface area (Å²) in [4.78, 5) is 36.1. The summed E-state index contributed by atoms with van der Waals surface area (Å²) in [6.07, 6.45) is -2.99. The summed E-state index contributed by atoms with van der Waals surface area (Å²) in [7, 11) is 0. The fourth-order valence-electron chi connectivity index (χ4n) is 5.54. The first-order chi connectivity index (χ1) is 21.8. The molecule has 4 aromatic rings. The van der Waals surface area contributed by atoms with Gasteiger partial charge in [0, 0.05) is 41.8 Å². The van der Waals surface area contributed by atoms with Crippen LogP contribution in [0.1, 0.15) is 71.3 Å². The molecule has 9 nitrogen and oxygen atoms in total. The molecular weight excluding hydrogens is 644 g/mol. The molecule has 0 unspecified atom stereocenters. The third-order valence-electron chi connectivity index (χ3n) is 7.61. The van der Waals surface area contributed by atoms with Crippen molar-refractivity contribution in [1.29, 1.82) is 0 Å². The molecule has 0 aliphatic heterocycles. The SMILES string of the molecule is CC(C)n1c(CC[C@@H](O)C[C@@H](O)CC(=O)[O-])c(-c2ccc(F)cc2)c(-c2ccc(F)cc2)c1C(=O)NCc1ccc(C(=O)[O-])cc1.[Na+].[Na+]. The van der Waals surface area contributed by atoms with Crippen LogP contribution < -0.4 is 74.6 Å². The smallest absolute Gasteiger partial charge is 0.550 e. The Morgan fingerprint density at radius 2 is 1.31 bits per heavy atom. The van der Waals surface area contributed by atoms with Gasteiger partial charge in [-0.25, -0.2) is 8.78 Å². The van der Waals surface area contributed by atoms with E-state index >= 15 is 0 Å². The molecule has 0 bridgehead atoms. The predicted octanol–water partition coefficient (Wildman–Crippen LogP) is -2.83. The second-order valence-electron chi connectivity index (χ2n) is 11.3. The third-order valence-corrected chi connectivity index (χ3v) is 7.61. The van der Waals surface area contributed by atoms with Gasteiger partial charge in [0.1, 0.15) is 17.3 Å². The molecule has 0 spiro atoms. The molecule has 4 rings (SSSR count). The molecule has 242 valence electrons. The number of aliphatic carboxylic acids is 1. The van der Waals surface area contributed by atoms with Gasteiger partial charge in [0.05, 0.1) is 18.2 Å². The second-order valence-corrected chi connectivity index (χ2v) is 11.3. The van der Waals surface area contributed by atoms with E-state index in [1.807, 2.05) is 13.8 Å². The van der Waals surface area contributed by atoms with E-state index in [4.69, 9.17) is 0 Å². The van der Waals surface area contributed by atoms with Crippen molar-refractivity contribution in [3.05, 3.63) is 107 Å². The standard InChI is InChI=1S/C35H36F2N2O7.2Na/c1-20(2)39-29(16-15-27(40)17-28(41)18-30(42)43)31(22-7-11-25(36)12-8-22)32(23-9-13-26(37)14-10-23)33(39)34(44)38-19-21-3-5-24(6-4-21)35(45)46;;/h3-14,20,27-28,40-41H,15-19H2,1-2H3,(H,38,44)(H,42,43)(H,45,46);;/q;2*+1/p-2/t27-,28-;;/m1../s1. The number of rotatable bonds is 14. The van der Waals surface area contributed by atoms with Crippen molar-refractivity contribution in [2.45, 2.75) is 64.3 Å². The van der Waals surface area contributed by atoms with Gasteiger partial charge in [-0.3, -0.25) is 4.79 Å². The number of aliphatic hydroxyl groups is 2. The monoisotopic (exact) mass is 678 g/mol. The molecule has 48 heavy (non-hydrogen) atoms. The number of carboxylic acid groups (broad SMARTS) is 2. The average Bonchev–Trinajstić information content (AvgIpc) is 3.34. The van der Waals surface area contributed by atoms with Crippen molar-refractivity contribution in [3.63, 3.8) is 0 Å². The number of amides is 1. The number of nitrogens with zero attached hydrogens (tertiary/aromatic N) is 1. The number of halogens is 2. The molecule has 3 N–H and O–H groups in total. The summed E-state index contributed by atoms with van der Waals surface area (Å²) >= 11 is 0. The molecule has 1 amide bonds. The molecular formula is C35H34F2N2Na2O7. The Hall–Kier alpha value is -2.87. The molecule has 1 aromatic heterocycles. The van der Waals surface area contributed by atoms with E-state index < -0.39 is 48.1 Å². The van der Waals surface area contributed by atoms with Gasteiger partial charge in [-0.05, 0) is 79.6 Å². The summed E-state index contributed by atoms with van der Waals surface area (Å²) < 4.78 is 29.9. The second kappa shape index (κ2) is 18.8. The van der Waals surface area contributed by atoms with Crippen molar-refractivity contribution in [2.24, 2.45) is 0 Å². The van der Waals surface area contributed by atoms with Gasteiger partial charge in [0.25, 0.3) is 5.91 Å². The van der Waals surface area contributed by atoms with Gasteiger partial charge in [-0.2, -0.15) is 0 Å². The zero-order valence-electron chi connectivity index (χ0n) is 27.3. The number of benzene rings is 3.